The molecule has 1 heterocycles. The zero-order valence-corrected chi connectivity index (χ0v) is 10.4. The topological polar surface area (TPSA) is 42.7 Å². The summed E-state index contributed by atoms with van der Waals surface area (Å²) in [5.41, 5.74) is 1.10. The van der Waals surface area contributed by atoms with E-state index in [0.717, 1.165) is 17.3 Å². The highest BCUT2D eigenvalue weighted by molar-refractivity contribution is 5.95. The molecule has 0 amide bonds. The van der Waals surface area contributed by atoms with Gasteiger partial charge in [-0.3, -0.25) is 4.57 Å². The molecule has 1 N–H and O–H groups in total. The number of fused-ring (bicyclic) bond motifs is 1. The van der Waals surface area contributed by atoms with Crippen LogP contribution in [0.2, 0.25) is 0 Å². The second kappa shape index (κ2) is 4.14. The highest BCUT2D eigenvalue weighted by Gasteiger charge is 2.11. The highest BCUT2D eigenvalue weighted by Crippen LogP contribution is 2.27. The SMILES string of the molecule is CNc1nnc(-c2cccc3ccccc23)n1C. The summed E-state index contributed by atoms with van der Waals surface area (Å²) in [6.07, 6.45) is 0. The third-order valence-electron chi connectivity index (χ3n) is 3.13. The fourth-order valence-corrected chi connectivity index (χ4v) is 2.20. The molecular formula is C14H14N4. The van der Waals surface area contributed by atoms with Crippen molar-refractivity contribution in [3.05, 3.63) is 42.5 Å². The summed E-state index contributed by atoms with van der Waals surface area (Å²) in [5, 5.41) is 13.8. The number of hydrogen-bond acceptors (Lipinski definition) is 3. The predicted octanol–water partition coefficient (Wildman–Crippen LogP) is 2.68. The van der Waals surface area contributed by atoms with E-state index >= 15 is 0 Å². The smallest absolute Gasteiger partial charge is 0.224 e. The Kier molecular flexibility index (Phi) is 2.48. The van der Waals surface area contributed by atoms with Gasteiger partial charge in [0, 0.05) is 19.7 Å². The van der Waals surface area contributed by atoms with Crippen LogP contribution in [0, 0.1) is 0 Å². The van der Waals surface area contributed by atoms with Crippen LogP contribution in [0.1, 0.15) is 0 Å². The first-order chi connectivity index (χ1) is 8.81. The fourth-order valence-electron chi connectivity index (χ4n) is 2.20. The van der Waals surface area contributed by atoms with Crippen molar-refractivity contribution < 1.29 is 0 Å². The van der Waals surface area contributed by atoms with Crippen molar-refractivity contribution in [1.82, 2.24) is 14.8 Å². The first kappa shape index (κ1) is 10.8. The number of rotatable bonds is 2. The maximum atomic E-state index is 4.26. The van der Waals surface area contributed by atoms with Crippen LogP contribution in [0.25, 0.3) is 22.2 Å². The molecule has 0 atom stereocenters. The van der Waals surface area contributed by atoms with Crippen LogP contribution < -0.4 is 5.32 Å². The van der Waals surface area contributed by atoms with Crippen molar-refractivity contribution in [2.75, 3.05) is 12.4 Å². The summed E-state index contributed by atoms with van der Waals surface area (Å²) < 4.78 is 1.96. The Morgan fingerprint density at radius 3 is 2.56 bits per heavy atom. The summed E-state index contributed by atoms with van der Waals surface area (Å²) in [6.45, 7) is 0. The minimum absolute atomic E-state index is 0.762. The van der Waals surface area contributed by atoms with Crippen molar-refractivity contribution in [3.8, 4) is 11.4 Å². The van der Waals surface area contributed by atoms with E-state index in [4.69, 9.17) is 0 Å². The van der Waals surface area contributed by atoms with Crippen LogP contribution in [0.15, 0.2) is 42.5 Å². The Bertz CT molecular complexity index is 695. The summed E-state index contributed by atoms with van der Waals surface area (Å²) in [5.74, 6) is 1.63. The Morgan fingerprint density at radius 2 is 1.78 bits per heavy atom. The molecule has 18 heavy (non-hydrogen) atoms. The maximum Gasteiger partial charge on any atom is 0.224 e. The summed E-state index contributed by atoms with van der Waals surface area (Å²) in [4.78, 5) is 0. The molecule has 0 spiro atoms. The van der Waals surface area contributed by atoms with Crippen molar-refractivity contribution in [2.45, 2.75) is 0 Å². The largest absolute Gasteiger partial charge is 0.357 e. The minimum Gasteiger partial charge on any atom is -0.357 e. The van der Waals surface area contributed by atoms with Gasteiger partial charge in [-0.2, -0.15) is 0 Å². The van der Waals surface area contributed by atoms with E-state index < -0.39 is 0 Å². The lowest BCUT2D eigenvalue weighted by Gasteiger charge is -2.06. The predicted molar refractivity (Wildman–Crippen MR) is 73.5 cm³/mol. The molecule has 0 radical (unpaired) electrons. The van der Waals surface area contributed by atoms with Gasteiger partial charge in [-0.15, -0.1) is 10.2 Å². The van der Waals surface area contributed by atoms with E-state index in [-0.39, 0.29) is 0 Å². The van der Waals surface area contributed by atoms with Crippen LogP contribution in [0.3, 0.4) is 0 Å². The minimum atomic E-state index is 0.762. The van der Waals surface area contributed by atoms with E-state index in [9.17, 15) is 0 Å². The second-order valence-electron chi connectivity index (χ2n) is 4.18. The zero-order chi connectivity index (χ0) is 12.5. The Labute approximate surface area is 105 Å². The second-order valence-corrected chi connectivity index (χ2v) is 4.18. The van der Waals surface area contributed by atoms with Crippen LogP contribution in [-0.2, 0) is 7.05 Å². The van der Waals surface area contributed by atoms with Crippen LogP contribution in [-0.4, -0.2) is 21.8 Å². The quantitative estimate of drug-likeness (QED) is 0.746. The average molecular weight is 238 g/mol. The molecule has 3 rings (SSSR count). The van der Waals surface area contributed by atoms with E-state index in [1.54, 1.807) is 0 Å². The molecule has 2 aromatic carbocycles. The molecule has 0 saturated heterocycles. The van der Waals surface area contributed by atoms with Crippen molar-refractivity contribution in [3.63, 3.8) is 0 Å². The number of aromatic nitrogens is 3. The lowest BCUT2D eigenvalue weighted by Crippen LogP contribution is -1.99. The number of anilines is 1. The van der Waals surface area contributed by atoms with Gasteiger partial charge in [0.05, 0.1) is 0 Å². The van der Waals surface area contributed by atoms with E-state index in [0.29, 0.717) is 0 Å². The van der Waals surface area contributed by atoms with E-state index in [1.165, 1.54) is 10.8 Å². The van der Waals surface area contributed by atoms with Gasteiger partial charge in [-0.25, -0.2) is 0 Å². The fraction of sp³-hybridized carbons (Fsp3) is 0.143. The molecule has 1 aromatic heterocycles. The molecule has 0 aliphatic heterocycles. The van der Waals surface area contributed by atoms with Crippen LogP contribution in [0.5, 0.6) is 0 Å². The molecule has 90 valence electrons. The van der Waals surface area contributed by atoms with Gasteiger partial charge in [0.25, 0.3) is 0 Å². The third-order valence-corrected chi connectivity index (χ3v) is 3.13. The summed E-state index contributed by atoms with van der Waals surface area (Å²) in [7, 11) is 3.81. The Morgan fingerprint density at radius 1 is 1.00 bits per heavy atom. The van der Waals surface area contributed by atoms with E-state index in [2.05, 4.69) is 39.8 Å². The molecule has 0 aliphatic carbocycles. The van der Waals surface area contributed by atoms with Crippen molar-refractivity contribution in [1.29, 1.82) is 0 Å². The van der Waals surface area contributed by atoms with Gasteiger partial charge < -0.3 is 5.32 Å². The molecule has 0 unspecified atom stereocenters. The Hall–Kier alpha value is -2.36. The van der Waals surface area contributed by atoms with Gasteiger partial charge in [-0.1, -0.05) is 42.5 Å². The highest BCUT2D eigenvalue weighted by atomic mass is 15.3. The van der Waals surface area contributed by atoms with Crippen LogP contribution in [0.4, 0.5) is 5.95 Å². The number of nitrogens with zero attached hydrogens (tertiary/aromatic N) is 3. The first-order valence-corrected chi connectivity index (χ1v) is 5.86. The lowest BCUT2D eigenvalue weighted by atomic mass is 10.0. The first-order valence-electron chi connectivity index (χ1n) is 5.86. The monoisotopic (exact) mass is 238 g/mol. The van der Waals surface area contributed by atoms with Gasteiger partial charge in [-0.05, 0) is 10.8 Å². The van der Waals surface area contributed by atoms with E-state index in [1.807, 2.05) is 36.9 Å². The molecule has 4 heteroatoms. The molecular weight excluding hydrogens is 224 g/mol. The molecule has 0 aliphatic rings. The molecule has 0 bridgehead atoms. The Balaban J connectivity index is 2.28. The number of hydrogen-bond donors (Lipinski definition) is 1. The normalized spacial score (nSPS) is 10.8. The number of benzene rings is 2. The van der Waals surface area contributed by atoms with Gasteiger partial charge >= 0.3 is 0 Å². The van der Waals surface area contributed by atoms with Crippen molar-refractivity contribution >= 4 is 16.7 Å². The summed E-state index contributed by atoms with van der Waals surface area (Å²) >= 11 is 0. The molecule has 4 nitrogen and oxygen atoms in total. The molecule has 0 saturated carbocycles. The molecule has 3 aromatic rings. The lowest BCUT2D eigenvalue weighted by molar-refractivity contribution is 0.926. The molecule has 0 fully saturated rings. The van der Waals surface area contributed by atoms with Gasteiger partial charge in [0.15, 0.2) is 5.82 Å². The maximum absolute atomic E-state index is 4.26. The summed E-state index contributed by atoms with van der Waals surface area (Å²) in [6, 6.07) is 14.5. The number of nitrogens with one attached hydrogen (secondary N) is 1. The van der Waals surface area contributed by atoms with Gasteiger partial charge in [0.1, 0.15) is 0 Å². The van der Waals surface area contributed by atoms with Gasteiger partial charge in [0.2, 0.25) is 5.95 Å². The zero-order valence-electron chi connectivity index (χ0n) is 10.4. The van der Waals surface area contributed by atoms with Crippen LogP contribution >= 0.6 is 0 Å². The third kappa shape index (κ3) is 1.54. The average Bonchev–Trinajstić information content (AvgIpc) is 2.79. The van der Waals surface area contributed by atoms with Crippen molar-refractivity contribution in [2.24, 2.45) is 7.05 Å². The standard InChI is InChI=1S/C14H14N4/c1-15-14-17-16-13(18(14)2)12-9-5-7-10-6-3-4-8-11(10)12/h3-9H,1-2H3,(H,15,17).